The average Bonchev–Trinajstić information content (AvgIpc) is 2.76. The molecule has 0 bridgehead atoms. The molecule has 0 saturated carbocycles. The van der Waals surface area contributed by atoms with Gasteiger partial charge in [0.1, 0.15) is 0 Å². The highest BCUT2D eigenvalue weighted by Crippen LogP contribution is 2.29. The van der Waals surface area contributed by atoms with Crippen LogP contribution in [0.15, 0.2) is 66.7 Å². The fourth-order valence-corrected chi connectivity index (χ4v) is 4.24. The Balaban J connectivity index is 1.59. The molecule has 3 aromatic carbocycles. The Bertz CT molecular complexity index is 1230. The molecule has 29 heavy (non-hydrogen) atoms. The highest BCUT2D eigenvalue weighted by atomic mass is 16.1. The third-order valence-electron chi connectivity index (χ3n) is 5.81. The second-order valence-corrected chi connectivity index (χ2v) is 7.56. The topological polar surface area (TPSA) is 45.2 Å². The second kappa shape index (κ2) is 7.30. The lowest BCUT2D eigenvalue weighted by atomic mass is 9.95. The fourth-order valence-electron chi connectivity index (χ4n) is 4.24. The van der Waals surface area contributed by atoms with Crippen LogP contribution < -0.4 is 5.32 Å². The number of amides is 1. The summed E-state index contributed by atoms with van der Waals surface area (Å²) in [6, 6.07) is 22.2. The van der Waals surface area contributed by atoms with Gasteiger partial charge >= 0.3 is 0 Å². The Hall–Kier alpha value is -3.24. The predicted molar refractivity (Wildman–Crippen MR) is 118 cm³/mol. The number of nitrogens with zero attached hydrogens (tertiary/aromatic N) is 2. The standard InChI is InChI=1S/C25H23N3O/c1-2-28-14-13-23-21(16-28)24(20-9-5-6-10-22(20)27-23)25(29)26-19-12-11-17-7-3-4-8-18(17)15-19/h3-12,15H,2,13-14,16H2,1H3,(H,26,29). The first kappa shape index (κ1) is 17.8. The van der Waals surface area contributed by atoms with E-state index in [2.05, 4.69) is 29.3 Å². The Kier molecular flexibility index (Phi) is 4.49. The monoisotopic (exact) mass is 381 g/mol. The third-order valence-corrected chi connectivity index (χ3v) is 5.81. The van der Waals surface area contributed by atoms with Gasteiger partial charge in [0.15, 0.2) is 0 Å². The SMILES string of the molecule is CCN1CCc2nc3ccccc3c(C(=O)Nc3ccc4ccccc4c3)c2C1. The van der Waals surface area contributed by atoms with Crippen molar-refractivity contribution in [3.8, 4) is 0 Å². The summed E-state index contributed by atoms with van der Waals surface area (Å²) in [7, 11) is 0. The van der Waals surface area contributed by atoms with Crippen molar-refractivity contribution in [2.24, 2.45) is 0 Å². The summed E-state index contributed by atoms with van der Waals surface area (Å²) >= 11 is 0. The molecule has 0 saturated heterocycles. The van der Waals surface area contributed by atoms with Crippen molar-refractivity contribution in [2.45, 2.75) is 19.9 Å². The van der Waals surface area contributed by atoms with Crippen LogP contribution in [0, 0.1) is 0 Å². The molecular weight excluding hydrogens is 358 g/mol. The largest absolute Gasteiger partial charge is 0.322 e. The number of rotatable bonds is 3. The van der Waals surface area contributed by atoms with Crippen LogP contribution >= 0.6 is 0 Å². The smallest absolute Gasteiger partial charge is 0.256 e. The lowest BCUT2D eigenvalue weighted by Gasteiger charge is -2.29. The summed E-state index contributed by atoms with van der Waals surface area (Å²) in [5, 5.41) is 6.34. The molecule has 0 fully saturated rings. The van der Waals surface area contributed by atoms with E-state index in [1.165, 1.54) is 0 Å². The van der Waals surface area contributed by atoms with Crippen molar-refractivity contribution < 1.29 is 4.79 Å². The van der Waals surface area contributed by atoms with Gasteiger partial charge in [0.2, 0.25) is 0 Å². The van der Waals surface area contributed by atoms with Gasteiger partial charge in [-0.05, 0) is 35.5 Å². The molecule has 0 unspecified atom stereocenters. The number of fused-ring (bicyclic) bond motifs is 3. The molecule has 1 aliphatic heterocycles. The number of hydrogen-bond acceptors (Lipinski definition) is 3. The van der Waals surface area contributed by atoms with Crippen molar-refractivity contribution in [3.05, 3.63) is 83.6 Å². The molecule has 4 aromatic rings. The summed E-state index contributed by atoms with van der Waals surface area (Å²) in [6.45, 7) is 4.89. The zero-order valence-corrected chi connectivity index (χ0v) is 16.5. The summed E-state index contributed by atoms with van der Waals surface area (Å²) in [6.07, 6.45) is 0.879. The minimum atomic E-state index is -0.0620. The van der Waals surface area contributed by atoms with Gasteiger partial charge in [-0.2, -0.15) is 0 Å². The highest BCUT2D eigenvalue weighted by Gasteiger charge is 2.25. The summed E-state index contributed by atoms with van der Waals surface area (Å²) in [5.41, 5.74) is 4.58. The number of carbonyl (C=O) groups excluding carboxylic acids is 1. The summed E-state index contributed by atoms with van der Waals surface area (Å²) in [4.78, 5) is 20.7. The first-order valence-electron chi connectivity index (χ1n) is 10.2. The zero-order chi connectivity index (χ0) is 19.8. The third kappa shape index (κ3) is 3.26. The van der Waals surface area contributed by atoms with Crippen molar-refractivity contribution in [1.82, 2.24) is 9.88 Å². The fraction of sp³-hybridized carbons (Fsp3) is 0.200. The van der Waals surface area contributed by atoms with Crippen LogP contribution in [-0.2, 0) is 13.0 Å². The number of likely N-dealkylation sites (N-methyl/N-ethyl adjacent to an activating group) is 1. The van der Waals surface area contributed by atoms with E-state index in [1.54, 1.807) is 0 Å². The molecule has 1 aliphatic rings. The summed E-state index contributed by atoms with van der Waals surface area (Å²) < 4.78 is 0. The van der Waals surface area contributed by atoms with E-state index in [-0.39, 0.29) is 5.91 Å². The van der Waals surface area contributed by atoms with Crippen LogP contribution in [0.5, 0.6) is 0 Å². The van der Waals surface area contributed by atoms with Gasteiger partial charge in [0, 0.05) is 41.8 Å². The number of hydrogen-bond donors (Lipinski definition) is 1. The zero-order valence-electron chi connectivity index (χ0n) is 16.5. The number of nitrogens with one attached hydrogen (secondary N) is 1. The van der Waals surface area contributed by atoms with E-state index < -0.39 is 0 Å². The lowest BCUT2D eigenvalue weighted by Crippen LogP contribution is -2.33. The molecule has 0 radical (unpaired) electrons. The maximum absolute atomic E-state index is 13.5. The van der Waals surface area contributed by atoms with Crippen molar-refractivity contribution in [3.63, 3.8) is 0 Å². The maximum Gasteiger partial charge on any atom is 0.256 e. The second-order valence-electron chi connectivity index (χ2n) is 7.56. The highest BCUT2D eigenvalue weighted by molar-refractivity contribution is 6.14. The van der Waals surface area contributed by atoms with Crippen LogP contribution in [-0.4, -0.2) is 28.9 Å². The minimum absolute atomic E-state index is 0.0620. The molecule has 4 nitrogen and oxygen atoms in total. The number of para-hydroxylation sites is 1. The van der Waals surface area contributed by atoms with Crippen LogP contribution in [0.2, 0.25) is 0 Å². The molecule has 144 valence electrons. The lowest BCUT2D eigenvalue weighted by molar-refractivity contribution is 0.102. The Labute approximate surface area is 170 Å². The van der Waals surface area contributed by atoms with E-state index in [0.717, 1.165) is 70.2 Å². The Morgan fingerprint density at radius 3 is 2.69 bits per heavy atom. The molecular formula is C25H23N3O. The van der Waals surface area contributed by atoms with Gasteiger partial charge in [0.25, 0.3) is 5.91 Å². The molecule has 0 spiro atoms. The molecule has 2 heterocycles. The van der Waals surface area contributed by atoms with Crippen molar-refractivity contribution in [2.75, 3.05) is 18.4 Å². The van der Waals surface area contributed by atoms with E-state index in [4.69, 9.17) is 4.98 Å². The van der Waals surface area contributed by atoms with Crippen LogP contribution in [0.25, 0.3) is 21.7 Å². The number of aromatic nitrogens is 1. The van der Waals surface area contributed by atoms with Gasteiger partial charge in [-0.3, -0.25) is 14.7 Å². The first-order chi connectivity index (χ1) is 14.2. The van der Waals surface area contributed by atoms with E-state index in [0.29, 0.717) is 0 Å². The van der Waals surface area contributed by atoms with Gasteiger partial charge in [-0.1, -0.05) is 55.5 Å². The van der Waals surface area contributed by atoms with Gasteiger partial charge in [-0.15, -0.1) is 0 Å². The molecule has 1 N–H and O–H groups in total. The Morgan fingerprint density at radius 2 is 1.83 bits per heavy atom. The molecule has 1 amide bonds. The van der Waals surface area contributed by atoms with Crippen molar-refractivity contribution in [1.29, 1.82) is 0 Å². The quantitative estimate of drug-likeness (QED) is 0.542. The molecule has 0 aliphatic carbocycles. The molecule has 5 rings (SSSR count). The van der Waals surface area contributed by atoms with Crippen molar-refractivity contribution >= 4 is 33.3 Å². The predicted octanol–water partition coefficient (Wildman–Crippen LogP) is 5.02. The number of anilines is 1. The van der Waals surface area contributed by atoms with E-state index in [9.17, 15) is 4.79 Å². The van der Waals surface area contributed by atoms with Gasteiger partial charge in [-0.25, -0.2) is 0 Å². The number of pyridine rings is 1. The number of benzene rings is 3. The molecule has 0 atom stereocenters. The van der Waals surface area contributed by atoms with Gasteiger partial charge in [0.05, 0.1) is 11.1 Å². The summed E-state index contributed by atoms with van der Waals surface area (Å²) in [5.74, 6) is -0.0620. The van der Waals surface area contributed by atoms with Crippen LogP contribution in [0.4, 0.5) is 5.69 Å². The van der Waals surface area contributed by atoms with Crippen LogP contribution in [0.3, 0.4) is 0 Å². The normalized spacial score (nSPS) is 14.1. The van der Waals surface area contributed by atoms with Gasteiger partial charge < -0.3 is 5.32 Å². The minimum Gasteiger partial charge on any atom is -0.322 e. The Morgan fingerprint density at radius 1 is 1.03 bits per heavy atom. The van der Waals surface area contributed by atoms with E-state index in [1.807, 2.05) is 54.6 Å². The molecule has 1 aromatic heterocycles. The van der Waals surface area contributed by atoms with Crippen LogP contribution in [0.1, 0.15) is 28.5 Å². The van der Waals surface area contributed by atoms with E-state index >= 15 is 0 Å². The average molecular weight is 381 g/mol. The maximum atomic E-state index is 13.5. The molecule has 4 heteroatoms. The first-order valence-corrected chi connectivity index (χ1v) is 10.2. The number of carbonyl (C=O) groups is 1.